The summed E-state index contributed by atoms with van der Waals surface area (Å²) in [6, 6.07) is 9.82. The van der Waals surface area contributed by atoms with Crippen LogP contribution in [0.3, 0.4) is 0 Å². The van der Waals surface area contributed by atoms with E-state index in [-0.39, 0.29) is 16.8 Å². The molecule has 0 saturated carbocycles. The van der Waals surface area contributed by atoms with Gasteiger partial charge in [0.25, 0.3) is 0 Å². The highest BCUT2D eigenvalue weighted by molar-refractivity contribution is 6.38. The molecule has 3 aliphatic heterocycles. The topological polar surface area (TPSA) is 74.8 Å². The normalized spacial score (nSPS) is 28.6. The van der Waals surface area contributed by atoms with Crippen LogP contribution in [0.25, 0.3) is 0 Å². The molecule has 2 aromatic carbocycles. The highest BCUT2D eigenvalue weighted by atomic mass is 35.5. The van der Waals surface area contributed by atoms with Gasteiger partial charge in [-0.15, -0.1) is 0 Å². The third-order valence-electron chi connectivity index (χ3n) is 7.24. The molecule has 4 aliphatic rings. The Bertz CT molecular complexity index is 1190. The molecule has 6 rings (SSSR count). The molecule has 156 valence electrons. The van der Waals surface area contributed by atoms with Gasteiger partial charge in [0.1, 0.15) is 5.82 Å². The molecule has 6 nitrogen and oxygen atoms in total. The second-order valence-electron chi connectivity index (χ2n) is 8.49. The van der Waals surface area contributed by atoms with E-state index < -0.39 is 46.6 Å². The Labute approximate surface area is 181 Å². The van der Waals surface area contributed by atoms with Gasteiger partial charge >= 0.3 is 0 Å². The number of halogens is 2. The molecule has 0 bridgehead atoms. The molecule has 3 atom stereocenters. The number of imide groups is 1. The first-order chi connectivity index (χ1) is 14.9. The van der Waals surface area contributed by atoms with Crippen LogP contribution < -0.4 is 4.90 Å². The number of rotatable bonds is 1. The zero-order valence-corrected chi connectivity index (χ0v) is 16.9. The van der Waals surface area contributed by atoms with Crippen molar-refractivity contribution >= 4 is 40.7 Å². The van der Waals surface area contributed by atoms with E-state index in [4.69, 9.17) is 11.6 Å². The number of carbonyl (C=O) groups excluding carboxylic acids is 4. The van der Waals surface area contributed by atoms with Crippen LogP contribution in [-0.4, -0.2) is 46.4 Å². The van der Waals surface area contributed by atoms with E-state index in [9.17, 15) is 23.6 Å². The van der Waals surface area contributed by atoms with Gasteiger partial charge in [0.05, 0.1) is 22.5 Å². The lowest BCUT2D eigenvalue weighted by Gasteiger charge is -2.35. The second-order valence-corrected chi connectivity index (χ2v) is 8.89. The number of ketones is 2. The SMILES string of the molecule is O=C1[C@@H]2[C@H]3CCCN3C3(C(=O)c4ccccc4C3=O)[C@@H]2C(=O)N1c1ccc(F)c(Cl)c1. The maximum absolute atomic E-state index is 13.7. The van der Waals surface area contributed by atoms with Crippen LogP contribution in [0.5, 0.6) is 0 Å². The number of fused-ring (bicyclic) bond motifs is 6. The summed E-state index contributed by atoms with van der Waals surface area (Å²) in [5.74, 6) is -4.48. The maximum atomic E-state index is 13.7. The van der Waals surface area contributed by atoms with Crippen LogP contribution in [0.4, 0.5) is 10.1 Å². The molecule has 0 aromatic heterocycles. The van der Waals surface area contributed by atoms with Crippen molar-refractivity contribution in [2.75, 3.05) is 11.4 Å². The largest absolute Gasteiger partial charge is 0.291 e. The Morgan fingerprint density at radius 1 is 0.968 bits per heavy atom. The van der Waals surface area contributed by atoms with E-state index in [1.807, 2.05) is 0 Å². The van der Waals surface area contributed by atoms with Gasteiger partial charge in [-0.25, -0.2) is 9.29 Å². The molecule has 0 radical (unpaired) electrons. The summed E-state index contributed by atoms with van der Waals surface area (Å²) >= 11 is 5.88. The molecule has 3 fully saturated rings. The first kappa shape index (κ1) is 18.8. The zero-order valence-electron chi connectivity index (χ0n) is 16.2. The van der Waals surface area contributed by atoms with E-state index in [0.29, 0.717) is 24.1 Å². The van der Waals surface area contributed by atoms with Crippen molar-refractivity contribution in [3.05, 3.63) is 64.4 Å². The summed E-state index contributed by atoms with van der Waals surface area (Å²) in [5, 5.41) is -0.215. The number of Topliss-reactive ketones (excluding diaryl/α,β-unsaturated/α-hetero) is 2. The maximum Gasteiger partial charge on any atom is 0.240 e. The highest BCUT2D eigenvalue weighted by Crippen LogP contribution is 2.57. The molecular formula is C23H16ClFN2O4. The lowest BCUT2D eigenvalue weighted by Crippen LogP contribution is -2.59. The smallest absolute Gasteiger partial charge is 0.240 e. The van der Waals surface area contributed by atoms with Crippen molar-refractivity contribution in [1.82, 2.24) is 4.90 Å². The number of amides is 2. The van der Waals surface area contributed by atoms with Crippen molar-refractivity contribution < 1.29 is 23.6 Å². The van der Waals surface area contributed by atoms with Crippen molar-refractivity contribution in [2.24, 2.45) is 11.8 Å². The van der Waals surface area contributed by atoms with Gasteiger partial charge in [0, 0.05) is 17.2 Å². The molecule has 3 saturated heterocycles. The van der Waals surface area contributed by atoms with E-state index in [1.54, 1.807) is 29.2 Å². The van der Waals surface area contributed by atoms with Crippen LogP contribution in [0.15, 0.2) is 42.5 Å². The summed E-state index contributed by atoms with van der Waals surface area (Å²) in [4.78, 5) is 57.3. The van der Waals surface area contributed by atoms with Gasteiger partial charge in [0.2, 0.25) is 11.8 Å². The summed E-state index contributed by atoms with van der Waals surface area (Å²) in [6.45, 7) is 0.478. The Hall–Kier alpha value is -2.90. The van der Waals surface area contributed by atoms with Crippen molar-refractivity contribution in [1.29, 1.82) is 0 Å². The summed E-state index contributed by atoms with van der Waals surface area (Å²) in [7, 11) is 0. The minimum absolute atomic E-state index is 0.144. The number of benzene rings is 2. The Balaban J connectivity index is 1.54. The van der Waals surface area contributed by atoms with Gasteiger partial charge in [0.15, 0.2) is 17.1 Å². The quantitative estimate of drug-likeness (QED) is 0.505. The van der Waals surface area contributed by atoms with E-state index in [0.717, 1.165) is 17.4 Å². The van der Waals surface area contributed by atoms with E-state index in [1.165, 1.54) is 12.1 Å². The van der Waals surface area contributed by atoms with Crippen LogP contribution in [-0.2, 0) is 9.59 Å². The van der Waals surface area contributed by atoms with Crippen LogP contribution in [0.2, 0.25) is 5.02 Å². The molecule has 31 heavy (non-hydrogen) atoms. The summed E-state index contributed by atoms with van der Waals surface area (Å²) in [6.07, 6.45) is 1.35. The van der Waals surface area contributed by atoms with Crippen LogP contribution in [0, 0.1) is 17.7 Å². The Morgan fingerprint density at radius 2 is 1.65 bits per heavy atom. The van der Waals surface area contributed by atoms with Crippen molar-refractivity contribution in [3.63, 3.8) is 0 Å². The Morgan fingerprint density at radius 3 is 2.29 bits per heavy atom. The number of hydrogen-bond acceptors (Lipinski definition) is 5. The lowest BCUT2D eigenvalue weighted by atomic mass is 9.76. The summed E-state index contributed by atoms with van der Waals surface area (Å²) in [5.41, 5.74) is -0.962. The summed E-state index contributed by atoms with van der Waals surface area (Å²) < 4.78 is 13.7. The average molecular weight is 439 g/mol. The molecule has 2 amide bonds. The molecule has 0 unspecified atom stereocenters. The number of anilines is 1. The Kier molecular flexibility index (Phi) is 3.69. The van der Waals surface area contributed by atoms with E-state index >= 15 is 0 Å². The average Bonchev–Trinajstić information content (AvgIpc) is 3.45. The minimum atomic E-state index is -1.69. The number of nitrogens with zero attached hydrogens (tertiary/aromatic N) is 2. The first-order valence-corrected chi connectivity index (χ1v) is 10.5. The van der Waals surface area contributed by atoms with Crippen LogP contribution in [0.1, 0.15) is 33.6 Å². The lowest BCUT2D eigenvalue weighted by molar-refractivity contribution is -0.124. The van der Waals surface area contributed by atoms with Gasteiger partial charge in [-0.2, -0.15) is 0 Å². The second kappa shape index (κ2) is 6.08. The van der Waals surface area contributed by atoms with Crippen molar-refractivity contribution in [3.8, 4) is 0 Å². The standard InChI is InChI=1S/C23H16ClFN2O4/c24-14-10-11(7-8-15(14)25)27-21(30)17-16-6-3-9-26(16)23(18(17)22(27)31)19(28)12-4-1-2-5-13(12)20(23)29/h1-2,4-5,7-8,10,16-18H,3,6,9H2/t16-,17-,18+/m1/s1. The third-order valence-corrected chi connectivity index (χ3v) is 7.53. The first-order valence-electron chi connectivity index (χ1n) is 10.2. The van der Waals surface area contributed by atoms with Crippen molar-refractivity contribution in [2.45, 2.75) is 24.4 Å². The fourth-order valence-corrected chi connectivity index (χ4v) is 6.29. The fourth-order valence-electron chi connectivity index (χ4n) is 6.12. The molecule has 1 spiro atoms. The number of hydrogen-bond donors (Lipinski definition) is 0. The highest BCUT2D eigenvalue weighted by Gasteiger charge is 2.76. The molecule has 1 aliphatic carbocycles. The predicted octanol–water partition coefficient (Wildman–Crippen LogP) is 2.88. The molecule has 8 heteroatoms. The fraction of sp³-hybridized carbons (Fsp3) is 0.304. The van der Waals surface area contributed by atoms with Crippen LogP contribution >= 0.6 is 11.6 Å². The third kappa shape index (κ3) is 2.06. The molecule has 3 heterocycles. The number of carbonyl (C=O) groups is 4. The molecule has 2 aromatic rings. The monoisotopic (exact) mass is 438 g/mol. The van der Waals surface area contributed by atoms with E-state index in [2.05, 4.69) is 0 Å². The zero-order chi connectivity index (χ0) is 21.7. The molecular weight excluding hydrogens is 423 g/mol. The predicted molar refractivity (Wildman–Crippen MR) is 108 cm³/mol. The van der Waals surface area contributed by atoms with Gasteiger partial charge in [-0.1, -0.05) is 35.9 Å². The minimum Gasteiger partial charge on any atom is -0.291 e. The van der Waals surface area contributed by atoms with Gasteiger partial charge in [-0.05, 0) is 37.6 Å². The van der Waals surface area contributed by atoms with Gasteiger partial charge < -0.3 is 0 Å². The van der Waals surface area contributed by atoms with Gasteiger partial charge in [-0.3, -0.25) is 24.1 Å². The molecule has 0 N–H and O–H groups in total.